The molecule has 10 heavy (non-hydrogen) atoms. The Bertz CT molecular complexity index is 84.7. The summed E-state index contributed by atoms with van der Waals surface area (Å²) in [4.78, 5) is 0. The fourth-order valence-corrected chi connectivity index (χ4v) is 1.58. The van der Waals surface area contributed by atoms with Gasteiger partial charge in [0, 0.05) is 0 Å². The van der Waals surface area contributed by atoms with Crippen LogP contribution in [0.1, 0.15) is 47.0 Å². The van der Waals surface area contributed by atoms with Gasteiger partial charge in [-0.2, -0.15) is 0 Å². The molecule has 0 bridgehead atoms. The molecule has 0 aliphatic carbocycles. The van der Waals surface area contributed by atoms with E-state index in [2.05, 4.69) is 20.8 Å². The van der Waals surface area contributed by atoms with Crippen LogP contribution in [0.3, 0.4) is 0 Å². The van der Waals surface area contributed by atoms with Crippen LogP contribution in [0.2, 0.25) is 0 Å². The van der Waals surface area contributed by atoms with E-state index < -0.39 is 0 Å². The summed E-state index contributed by atoms with van der Waals surface area (Å²) in [5, 5.41) is 9.11. The fourth-order valence-electron chi connectivity index (χ4n) is 1.58. The summed E-state index contributed by atoms with van der Waals surface area (Å²) < 4.78 is 0. The molecule has 0 aromatic heterocycles. The molecule has 0 saturated heterocycles. The Morgan fingerprint density at radius 2 is 1.90 bits per heavy atom. The van der Waals surface area contributed by atoms with Crippen molar-refractivity contribution >= 4 is 0 Å². The molecular formula is C9H20O. The smallest absolute Gasteiger partial charge is 0.0517 e. The van der Waals surface area contributed by atoms with E-state index in [0.29, 0.717) is 5.41 Å². The van der Waals surface area contributed by atoms with Gasteiger partial charge in [-0.25, -0.2) is 0 Å². The predicted octanol–water partition coefficient (Wildman–Crippen LogP) is 2.58. The van der Waals surface area contributed by atoms with Crippen molar-refractivity contribution in [2.24, 2.45) is 5.41 Å². The summed E-state index contributed by atoms with van der Waals surface area (Å²) in [5.41, 5.74) is 0.322. The van der Waals surface area contributed by atoms with Crippen molar-refractivity contribution in [1.29, 1.82) is 0 Å². The topological polar surface area (TPSA) is 20.2 Å². The van der Waals surface area contributed by atoms with Crippen molar-refractivity contribution in [3.05, 3.63) is 0 Å². The zero-order valence-corrected chi connectivity index (χ0v) is 7.65. The van der Waals surface area contributed by atoms with Crippen molar-refractivity contribution in [1.82, 2.24) is 0 Å². The minimum atomic E-state index is -0.151. The summed E-state index contributed by atoms with van der Waals surface area (Å²) in [6.45, 7) is 8.47. The second-order valence-corrected chi connectivity index (χ2v) is 3.97. The fraction of sp³-hybridized carbons (Fsp3) is 1.00. The molecular weight excluding hydrogens is 124 g/mol. The molecule has 0 aromatic rings. The molecule has 0 amide bonds. The molecule has 0 aliphatic heterocycles. The normalized spacial score (nSPS) is 15.3. The molecule has 1 nitrogen and oxygen atoms in total. The molecule has 0 aliphatic rings. The molecule has 1 N–H and O–H groups in total. The number of hydrogen-bond donors (Lipinski definition) is 1. The first kappa shape index (κ1) is 9.96. The Labute approximate surface area is 64.5 Å². The lowest BCUT2D eigenvalue weighted by Gasteiger charge is -2.25. The Morgan fingerprint density at radius 1 is 1.40 bits per heavy atom. The van der Waals surface area contributed by atoms with Gasteiger partial charge >= 0.3 is 0 Å². The number of aliphatic hydroxyl groups excluding tert-OH is 1. The van der Waals surface area contributed by atoms with Crippen LogP contribution in [-0.4, -0.2) is 11.2 Å². The maximum Gasteiger partial charge on any atom is 0.0517 e. The van der Waals surface area contributed by atoms with Gasteiger partial charge in [-0.1, -0.05) is 27.2 Å². The number of aliphatic hydroxyl groups is 1. The van der Waals surface area contributed by atoms with E-state index in [-0.39, 0.29) is 6.10 Å². The molecule has 1 unspecified atom stereocenters. The first-order valence-corrected chi connectivity index (χ1v) is 4.16. The highest BCUT2D eigenvalue weighted by molar-refractivity contribution is 4.70. The minimum absolute atomic E-state index is 0.151. The summed E-state index contributed by atoms with van der Waals surface area (Å²) in [7, 11) is 0. The van der Waals surface area contributed by atoms with E-state index in [1.807, 2.05) is 6.92 Å². The molecule has 0 radical (unpaired) electrons. The second kappa shape index (κ2) is 3.97. The van der Waals surface area contributed by atoms with Crippen molar-refractivity contribution in [2.75, 3.05) is 0 Å². The number of rotatable bonds is 4. The highest BCUT2D eigenvalue weighted by Gasteiger charge is 2.18. The van der Waals surface area contributed by atoms with Crippen molar-refractivity contribution in [3.63, 3.8) is 0 Å². The Hall–Kier alpha value is -0.0400. The quantitative estimate of drug-likeness (QED) is 0.643. The van der Waals surface area contributed by atoms with Gasteiger partial charge in [-0.05, 0) is 25.2 Å². The molecule has 0 fully saturated rings. The minimum Gasteiger partial charge on any atom is -0.393 e. The van der Waals surface area contributed by atoms with Crippen LogP contribution in [0, 0.1) is 5.41 Å². The molecule has 62 valence electrons. The maximum absolute atomic E-state index is 9.11. The highest BCUT2D eigenvalue weighted by atomic mass is 16.3. The van der Waals surface area contributed by atoms with Crippen LogP contribution in [0.5, 0.6) is 0 Å². The van der Waals surface area contributed by atoms with E-state index in [4.69, 9.17) is 5.11 Å². The first-order chi connectivity index (χ1) is 4.48. The van der Waals surface area contributed by atoms with Crippen LogP contribution in [0.4, 0.5) is 0 Å². The Balaban J connectivity index is 3.63. The highest BCUT2D eigenvalue weighted by Crippen LogP contribution is 2.27. The molecule has 0 rings (SSSR count). The third-order valence-electron chi connectivity index (χ3n) is 1.77. The third kappa shape index (κ3) is 4.80. The van der Waals surface area contributed by atoms with Crippen LogP contribution in [-0.2, 0) is 0 Å². The Kier molecular flexibility index (Phi) is 3.95. The molecule has 0 aromatic carbocycles. The van der Waals surface area contributed by atoms with E-state index in [0.717, 1.165) is 6.42 Å². The maximum atomic E-state index is 9.11. The van der Waals surface area contributed by atoms with Gasteiger partial charge in [0.05, 0.1) is 6.10 Å². The van der Waals surface area contributed by atoms with Gasteiger partial charge in [0.2, 0.25) is 0 Å². The van der Waals surface area contributed by atoms with E-state index in [9.17, 15) is 0 Å². The molecule has 0 saturated carbocycles. The molecule has 0 heterocycles. The van der Waals surface area contributed by atoms with Crippen LogP contribution >= 0.6 is 0 Å². The summed E-state index contributed by atoms with van der Waals surface area (Å²) in [6, 6.07) is 0. The average molecular weight is 144 g/mol. The van der Waals surface area contributed by atoms with Crippen molar-refractivity contribution in [2.45, 2.75) is 53.1 Å². The van der Waals surface area contributed by atoms with Crippen LogP contribution < -0.4 is 0 Å². The lowest BCUT2D eigenvalue weighted by molar-refractivity contribution is 0.124. The van der Waals surface area contributed by atoms with Gasteiger partial charge in [0.1, 0.15) is 0 Å². The van der Waals surface area contributed by atoms with Gasteiger partial charge in [-0.15, -0.1) is 0 Å². The zero-order valence-electron chi connectivity index (χ0n) is 7.65. The second-order valence-electron chi connectivity index (χ2n) is 3.97. The Morgan fingerprint density at radius 3 is 2.20 bits per heavy atom. The SMILES string of the molecule is CCCC(C)(C)CC(C)O. The molecule has 1 heteroatoms. The average Bonchev–Trinajstić information content (AvgIpc) is 1.59. The molecule has 0 spiro atoms. The van der Waals surface area contributed by atoms with Crippen LogP contribution in [0.15, 0.2) is 0 Å². The van der Waals surface area contributed by atoms with Gasteiger partial charge < -0.3 is 5.11 Å². The third-order valence-corrected chi connectivity index (χ3v) is 1.77. The van der Waals surface area contributed by atoms with E-state index >= 15 is 0 Å². The zero-order chi connectivity index (χ0) is 8.20. The van der Waals surface area contributed by atoms with Crippen LogP contribution in [0.25, 0.3) is 0 Å². The lowest BCUT2D eigenvalue weighted by atomic mass is 9.83. The van der Waals surface area contributed by atoms with Crippen molar-refractivity contribution < 1.29 is 5.11 Å². The monoisotopic (exact) mass is 144 g/mol. The largest absolute Gasteiger partial charge is 0.393 e. The van der Waals surface area contributed by atoms with Gasteiger partial charge in [0.25, 0.3) is 0 Å². The summed E-state index contributed by atoms with van der Waals surface area (Å²) >= 11 is 0. The summed E-state index contributed by atoms with van der Waals surface area (Å²) in [5.74, 6) is 0. The first-order valence-electron chi connectivity index (χ1n) is 4.16. The lowest BCUT2D eigenvalue weighted by Crippen LogP contribution is -2.17. The van der Waals surface area contributed by atoms with Crippen molar-refractivity contribution in [3.8, 4) is 0 Å². The van der Waals surface area contributed by atoms with Gasteiger partial charge in [0.15, 0.2) is 0 Å². The number of hydrogen-bond acceptors (Lipinski definition) is 1. The van der Waals surface area contributed by atoms with E-state index in [1.54, 1.807) is 0 Å². The molecule has 1 atom stereocenters. The summed E-state index contributed by atoms with van der Waals surface area (Å²) in [6.07, 6.45) is 3.18. The van der Waals surface area contributed by atoms with E-state index in [1.165, 1.54) is 12.8 Å². The predicted molar refractivity (Wildman–Crippen MR) is 45.0 cm³/mol. The standard InChI is InChI=1S/C9H20O/c1-5-6-9(3,4)7-8(2)10/h8,10H,5-7H2,1-4H3. The van der Waals surface area contributed by atoms with Gasteiger partial charge in [-0.3, -0.25) is 0 Å².